The first-order valence-electron chi connectivity index (χ1n) is 10.6. The van der Waals surface area contributed by atoms with Gasteiger partial charge in [0.05, 0.1) is 12.2 Å². The normalized spacial score (nSPS) is 14.1. The van der Waals surface area contributed by atoms with Crippen LogP contribution in [0.2, 0.25) is 0 Å². The maximum absolute atomic E-state index is 11.9. The lowest BCUT2D eigenvalue weighted by Gasteiger charge is -2.37. The molecule has 1 aliphatic heterocycles. The molecule has 1 amide bonds. The van der Waals surface area contributed by atoms with Gasteiger partial charge in [-0.3, -0.25) is 4.79 Å². The summed E-state index contributed by atoms with van der Waals surface area (Å²) < 4.78 is 0. The van der Waals surface area contributed by atoms with E-state index in [-0.39, 0.29) is 29.9 Å². The minimum absolute atomic E-state index is 0. The number of rotatable bonds is 6. The molecule has 0 bridgehead atoms. The third-order valence-electron chi connectivity index (χ3n) is 5.10. The molecule has 0 radical (unpaired) electrons. The van der Waals surface area contributed by atoms with Crippen molar-refractivity contribution in [3.05, 3.63) is 59.7 Å². The second-order valence-corrected chi connectivity index (χ2v) is 7.19. The third-order valence-corrected chi connectivity index (χ3v) is 5.10. The Morgan fingerprint density at radius 3 is 2.23 bits per heavy atom. The molecule has 0 unspecified atom stereocenters. The van der Waals surface area contributed by atoms with Crippen molar-refractivity contribution in [1.29, 1.82) is 0 Å². The van der Waals surface area contributed by atoms with Gasteiger partial charge < -0.3 is 25.5 Å². The summed E-state index contributed by atoms with van der Waals surface area (Å²) in [5.74, 6) is 1.16. The minimum atomic E-state index is -0.0526. The van der Waals surface area contributed by atoms with E-state index in [1.54, 1.807) is 6.07 Å². The van der Waals surface area contributed by atoms with Gasteiger partial charge in [0.15, 0.2) is 5.96 Å². The zero-order chi connectivity index (χ0) is 21.3. The predicted molar refractivity (Wildman–Crippen MR) is 137 cm³/mol. The van der Waals surface area contributed by atoms with Gasteiger partial charge in [-0.2, -0.15) is 0 Å². The van der Waals surface area contributed by atoms with Crippen LogP contribution in [0.5, 0.6) is 5.75 Å². The second kappa shape index (κ2) is 12.4. The number of carbonyl (C=O) groups excluding carboxylic acids is 1. The average molecular weight is 537 g/mol. The highest BCUT2D eigenvalue weighted by Gasteiger charge is 2.21. The Bertz CT molecular complexity index is 865. The number of aromatic hydroxyl groups is 1. The Morgan fingerprint density at radius 1 is 0.968 bits per heavy atom. The Morgan fingerprint density at radius 2 is 1.61 bits per heavy atom. The summed E-state index contributed by atoms with van der Waals surface area (Å²) in [6.45, 7) is 9.25. The smallest absolute Gasteiger partial charge is 0.251 e. The fraction of sp³-hybridized carbons (Fsp3) is 0.391. The number of phenols is 1. The molecule has 7 nitrogen and oxygen atoms in total. The van der Waals surface area contributed by atoms with E-state index in [9.17, 15) is 9.90 Å². The van der Waals surface area contributed by atoms with Crippen LogP contribution in [0.3, 0.4) is 0 Å². The van der Waals surface area contributed by atoms with Crippen LogP contribution in [0, 0.1) is 0 Å². The summed E-state index contributed by atoms with van der Waals surface area (Å²) in [6, 6.07) is 15.1. The van der Waals surface area contributed by atoms with Crippen molar-refractivity contribution >= 4 is 41.5 Å². The topological polar surface area (TPSA) is 80.2 Å². The van der Waals surface area contributed by atoms with E-state index in [1.807, 2.05) is 49.4 Å². The number of carbonyl (C=O) groups is 1. The monoisotopic (exact) mass is 537 g/mol. The first-order chi connectivity index (χ1) is 14.6. The molecule has 0 aliphatic carbocycles. The number of hydrogen-bond donors (Lipinski definition) is 3. The van der Waals surface area contributed by atoms with Gasteiger partial charge in [0.2, 0.25) is 0 Å². The van der Waals surface area contributed by atoms with Crippen molar-refractivity contribution in [2.45, 2.75) is 20.4 Å². The quantitative estimate of drug-likeness (QED) is 0.300. The SMILES string of the molecule is CCNC(=O)c1ccc(CN=C(NCC)N2CCN(c3ccccc3O)CC2)cc1.I. The number of nitrogens with one attached hydrogen (secondary N) is 2. The van der Waals surface area contributed by atoms with Gasteiger partial charge in [-0.15, -0.1) is 24.0 Å². The van der Waals surface area contributed by atoms with Crippen LogP contribution in [0.25, 0.3) is 0 Å². The van der Waals surface area contributed by atoms with E-state index in [2.05, 4.69) is 27.4 Å². The molecule has 8 heteroatoms. The molecule has 31 heavy (non-hydrogen) atoms. The molecule has 1 fully saturated rings. The van der Waals surface area contributed by atoms with Gasteiger partial charge in [-0.25, -0.2) is 4.99 Å². The molecule has 0 aromatic heterocycles. The largest absolute Gasteiger partial charge is 0.506 e. The maximum Gasteiger partial charge on any atom is 0.251 e. The molecule has 1 saturated heterocycles. The zero-order valence-electron chi connectivity index (χ0n) is 18.2. The van der Waals surface area contributed by atoms with Crippen molar-refractivity contribution in [2.24, 2.45) is 4.99 Å². The highest BCUT2D eigenvalue weighted by molar-refractivity contribution is 14.0. The summed E-state index contributed by atoms with van der Waals surface area (Å²) in [5.41, 5.74) is 2.61. The van der Waals surface area contributed by atoms with E-state index >= 15 is 0 Å². The summed E-state index contributed by atoms with van der Waals surface area (Å²) >= 11 is 0. The molecule has 168 valence electrons. The highest BCUT2D eigenvalue weighted by atomic mass is 127. The zero-order valence-corrected chi connectivity index (χ0v) is 20.5. The van der Waals surface area contributed by atoms with Gasteiger partial charge >= 0.3 is 0 Å². The Hall–Kier alpha value is -2.49. The number of amides is 1. The lowest BCUT2D eigenvalue weighted by atomic mass is 10.1. The Labute approximate surface area is 201 Å². The number of guanidine groups is 1. The van der Waals surface area contributed by atoms with Crippen LogP contribution in [0.1, 0.15) is 29.8 Å². The highest BCUT2D eigenvalue weighted by Crippen LogP contribution is 2.27. The number of benzene rings is 2. The molecule has 1 aliphatic rings. The van der Waals surface area contributed by atoms with Gasteiger partial charge in [-0.1, -0.05) is 24.3 Å². The van der Waals surface area contributed by atoms with Crippen molar-refractivity contribution in [2.75, 3.05) is 44.2 Å². The molecule has 0 atom stereocenters. The van der Waals surface area contributed by atoms with E-state index in [4.69, 9.17) is 4.99 Å². The Balaban J connectivity index is 0.00000341. The fourth-order valence-electron chi connectivity index (χ4n) is 3.51. The second-order valence-electron chi connectivity index (χ2n) is 7.19. The number of nitrogens with zero attached hydrogens (tertiary/aromatic N) is 3. The van der Waals surface area contributed by atoms with Crippen molar-refractivity contribution < 1.29 is 9.90 Å². The summed E-state index contributed by atoms with van der Waals surface area (Å²) in [6.07, 6.45) is 0. The number of hydrogen-bond acceptors (Lipinski definition) is 4. The van der Waals surface area contributed by atoms with E-state index in [0.29, 0.717) is 24.4 Å². The number of halogens is 1. The minimum Gasteiger partial charge on any atom is -0.506 e. The number of anilines is 1. The number of aliphatic imine (C=N–C) groups is 1. The summed E-state index contributed by atoms with van der Waals surface area (Å²) in [7, 11) is 0. The molecule has 2 aromatic carbocycles. The summed E-state index contributed by atoms with van der Waals surface area (Å²) in [4.78, 5) is 21.1. The van der Waals surface area contributed by atoms with Crippen molar-refractivity contribution in [1.82, 2.24) is 15.5 Å². The molecule has 0 spiro atoms. The molecule has 0 saturated carbocycles. The first-order valence-corrected chi connectivity index (χ1v) is 10.6. The molecule has 1 heterocycles. The summed E-state index contributed by atoms with van der Waals surface area (Å²) in [5, 5.41) is 16.3. The van der Waals surface area contributed by atoms with Crippen LogP contribution in [-0.2, 0) is 6.54 Å². The van der Waals surface area contributed by atoms with Gasteiger partial charge in [0, 0.05) is 44.8 Å². The van der Waals surface area contributed by atoms with Crippen molar-refractivity contribution in [3.63, 3.8) is 0 Å². The van der Waals surface area contributed by atoms with Crippen molar-refractivity contribution in [3.8, 4) is 5.75 Å². The van der Waals surface area contributed by atoms with Gasteiger partial charge in [0.1, 0.15) is 5.75 Å². The average Bonchev–Trinajstić information content (AvgIpc) is 2.78. The predicted octanol–water partition coefficient (Wildman–Crippen LogP) is 3.05. The third kappa shape index (κ3) is 6.75. The van der Waals surface area contributed by atoms with Gasteiger partial charge in [0.25, 0.3) is 5.91 Å². The van der Waals surface area contributed by atoms with Crippen LogP contribution >= 0.6 is 24.0 Å². The molecule has 3 N–H and O–H groups in total. The van der Waals surface area contributed by atoms with Crippen LogP contribution < -0.4 is 15.5 Å². The fourth-order valence-corrected chi connectivity index (χ4v) is 3.51. The number of phenolic OH excluding ortho intramolecular Hbond substituents is 1. The van der Waals surface area contributed by atoms with Crippen LogP contribution in [0.15, 0.2) is 53.5 Å². The standard InChI is InChI=1S/C23H31N5O2.HI/c1-3-24-22(30)19-11-9-18(10-12-19)17-26-23(25-4-2)28-15-13-27(14-16-28)20-7-5-6-8-21(20)29;/h5-12,29H,3-4,13-17H2,1-2H3,(H,24,30)(H,25,26);1H. The van der Waals surface area contributed by atoms with E-state index in [1.165, 1.54) is 0 Å². The van der Waals surface area contributed by atoms with Crippen LogP contribution in [-0.4, -0.2) is 61.1 Å². The Kier molecular flexibility index (Phi) is 9.90. The lowest BCUT2D eigenvalue weighted by molar-refractivity contribution is 0.0956. The number of para-hydroxylation sites is 2. The molecule has 3 rings (SSSR count). The molecule has 2 aromatic rings. The lowest BCUT2D eigenvalue weighted by Crippen LogP contribution is -2.52. The van der Waals surface area contributed by atoms with Gasteiger partial charge in [-0.05, 0) is 43.7 Å². The van der Waals surface area contributed by atoms with E-state index < -0.39 is 0 Å². The number of piperazine rings is 1. The first kappa shape index (κ1) is 24.8. The molecular weight excluding hydrogens is 505 g/mol. The van der Waals surface area contributed by atoms with Crippen LogP contribution in [0.4, 0.5) is 5.69 Å². The maximum atomic E-state index is 11.9. The molecular formula is C23H32IN5O2. The van der Waals surface area contributed by atoms with E-state index in [0.717, 1.165) is 49.9 Å².